The van der Waals surface area contributed by atoms with Crippen molar-refractivity contribution in [1.82, 2.24) is 4.90 Å². The Morgan fingerprint density at radius 2 is 2.41 bits per heavy atom. The predicted molar refractivity (Wildman–Crippen MR) is 76.1 cm³/mol. The van der Waals surface area contributed by atoms with Gasteiger partial charge >= 0.3 is 0 Å². The van der Waals surface area contributed by atoms with Gasteiger partial charge in [-0.3, -0.25) is 4.79 Å². The zero-order chi connectivity index (χ0) is 12.3. The van der Waals surface area contributed by atoms with Gasteiger partial charge in [-0.25, -0.2) is 0 Å². The van der Waals surface area contributed by atoms with E-state index in [2.05, 4.69) is 26.2 Å². The van der Waals surface area contributed by atoms with Crippen LogP contribution in [0.3, 0.4) is 0 Å². The largest absolute Gasteiger partial charge is 0.336 e. The van der Waals surface area contributed by atoms with Crippen molar-refractivity contribution in [3.8, 4) is 0 Å². The number of rotatable bonds is 4. The molecule has 1 aliphatic rings. The molecule has 0 saturated carbocycles. The summed E-state index contributed by atoms with van der Waals surface area (Å²) in [5, 5.41) is 5.07. The number of carbonyl (C=O) groups is 1. The lowest BCUT2D eigenvalue weighted by Gasteiger charge is -2.24. The highest BCUT2D eigenvalue weighted by Crippen LogP contribution is 2.25. The summed E-state index contributed by atoms with van der Waals surface area (Å²) in [5.41, 5.74) is 2.02. The van der Waals surface area contributed by atoms with E-state index < -0.39 is 0 Å². The second-order valence-corrected chi connectivity index (χ2v) is 6.13. The van der Waals surface area contributed by atoms with Crippen LogP contribution in [0.1, 0.15) is 41.6 Å². The van der Waals surface area contributed by atoms with E-state index in [1.165, 1.54) is 6.42 Å². The van der Waals surface area contributed by atoms with E-state index in [1.54, 1.807) is 11.3 Å². The average Bonchev–Trinajstić information content (AvgIpc) is 2.94. The maximum absolute atomic E-state index is 12.4. The van der Waals surface area contributed by atoms with Crippen LogP contribution in [0.2, 0.25) is 0 Å². The lowest BCUT2D eigenvalue weighted by atomic mass is 10.1. The van der Waals surface area contributed by atoms with Crippen molar-refractivity contribution in [2.45, 2.75) is 38.6 Å². The quantitative estimate of drug-likeness (QED) is 0.773. The molecule has 0 radical (unpaired) electrons. The molecule has 1 fully saturated rings. The van der Waals surface area contributed by atoms with E-state index in [4.69, 9.17) is 0 Å². The van der Waals surface area contributed by atoms with Gasteiger partial charge in [0.25, 0.3) is 5.91 Å². The highest BCUT2D eigenvalue weighted by atomic mass is 79.9. The fraction of sp³-hybridized carbons (Fsp3) is 0.615. The number of likely N-dealkylation sites (tertiary alicyclic amines) is 1. The molecule has 4 heteroatoms. The molecule has 1 unspecified atom stereocenters. The molecule has 0 bridgehead atoms. The lowest BCUT2D eigenvalue weighted by Crippen LogP contribution is -2.35. The van der Waals surface area contributed by atoms with E-state index in [0.717, 1.165) is 42.3 Å². The Labute approximate surface area is 115 Å². The summed E-state index contributed by atoms with van der Waals surface area (Å²) in [6.45, 7) is 2.95. The number of aryl methyl sites for hydroxylation is 1. The first-order valence-corrected chi connectivity index (χ1v) is 8.20. The molecule has 0 spiro atoms. The van der Waals surface area contributed by atoms with E-state index >= 15 is 0 Å². The fourth-order valence-electron chi connectivity index (χ4n) is 2.45. The number of hydrogen-bond acceptors (Lipinski definition) is 2. The molecule has 1 aliphatic heterocycles. The Kier molecular flexibility index (Phi) is 4.62. The number of hydrogen-bond donors (Lipinski definition) is 0. The van der Waals surface area contributed by atoms with Gasteiger partial charge in [0.2, 0.25) is 0 Å². The van der Waals surface area contributed by atoms with Crippen LogP contribution in [0.4, 0.5) is 0 Å². The van der Waals surface area contributed by atoms with Crippen molar-refractivity contribution >= 4 is 33.2 Å². The third-order valence-electron chi connectivity index (χ3n) is 3.39. The first kappa shape index (κ1) is 13.1. The molecule has 2 rings (SSSR count). The minimum atomic E-state index is 0.237. The van der Waals surface area contributed by atoms with E-state index in [1.807, 2.05) is 12.3 Å². The van der Waals surface area contributed by atoms with Crippen LogP contribution in [0.15, 0.2) is 10.8 Å². The van der Waals surface area contributed by atoms with Crippen LogP contribution in [0.5, 0.6) is 0 Å². The van der Waals surface area contributed by atoms with Crippen LogP contribution < -0.4 is 0 Å². The van der Waals surface area contributed by atoms with Gasteiger partial charge in [-0.2, -0.15) is 11.3 Å². The molecule has 0 aliphatic carbocycles. The molecule has 1 amide bonds. The maximum atomic E-state index is 12.4. The number of nitrogens with zero attached hydrogens (tertiary/aromatic N) is 1. The highest BCUT2D eigenvalue weighted by molar-refractivity contribution is 9.09. The van der Waals surface area contributed by atoms with Gasteiger partial charge in [0, 0.05) is 23.3 Å². The molecule has 1 aromatic heterocycles. The van der Waals surface area contributed by atoms with Crippen molar-refractivity contribution in [1.29, 1.82) is 0 Å². The fourth-order valence-corrected chi connectivity index (χ4v) is 3.60. The van der Waals surface area contributed by atoms with Crippen molar-refractivity contribution < 1.29 is 4.79 Å². The van der Waals surface area contributed by atoms with Crippen LogP contribution in [-0.2, 0) is 0 Å². The number of halogens is 1. The van der Waals surface area contributed by atoms with Crippen molar-refractivity contribution in [2.75, 3.05) is 11.9 Å². The van der Waals surface area contributed by atoms with Crippen LogP contribution in [0, 0.1) is 6.92 Å². The summed E-state index contributed by atoms with van der Waals surface area (Å²) in [4.78, 5) is 14.5. The topological polar surface area (TPSA) is 20.3 Å². The monoisotopic (exact) mass is 315 g/mol. The second-order valence-electron chi connectivity index (χ2n) is 4.59. The summed E-state index contributed by atoms with van der Waals surface area (Å²) >= 11 is 5.08. The molecule has 94 valence electrons. The maximum Gasteiger partial charge on any atom is 0.255 e. The van der Waals surface area contributed by atoms with Gasteiger partial charge < -0.3 is 4.90 Å². The van der Waals surface area contributed by atoms with Crippen LogP contribution in [0.25, 0.3) is 0 Å². The van der Waals surface area contributed by atoms with Gasteiger partial charge in [-0.05, 0) is 43.6 Å². The van der Waals surface area contributed by atoms with Crippen LogP contribution >= 0.6 is 27.3 Å². The van der Waals surface area contributed by atoms with E-state index in [-0.39, 0.29) is 5.91 Å². The SMILES string of the molecule is Cc1cscc1C(=O)N1CCCC1CCCBr. The Hall–Kier alpha value is -0.350. The Morgan fingerprint density at radius 3 is 3.06 bits per heavy atom. The molecular weight excluding hydrogens is 298 g/mol. The Morgan fingerprint density at radius 1 is 1.59 bits per heavy atom. The number of amides is 1. The normalized spacial score (nSPS) is 19.9. The Bertz CT molecular complexity index is 391. The summed E-state index contributed by atoms with van der Waals surface area (Å²) in [6.07, 6.45) is 4.60. The van der Waals surface area contributed by atoms with E-state index in [9.17, 15) is 4.79 Å². The van der Waals surface area contributed by atoms with Gasteiger partial charge in [-0.15, -0.1) is 0 Å². The molecule has 1 aromatic rings. The summed E-state index contributed by atoms with van der Waals surface area (Å²) in [5.74, 6) is 0.237. The summed E-state index contributed by atoms with van der Waals surface area (Å²) in [6, 6.07) is 0.458. The predicted octanol–water partition coefficient (Wildman–Crippen LogP) is 3.84. The van der Waals surface area contributed by atoms with Crippen molar-refractivity contribution in [3.63, 3.8) is 0 Å². The molecule has 0 aromatic carbocycles. The minimum absolute atomic E-state index is 0.237. The zero-order valence-electron chi connectivity index (χ0n) is 10.1. The summed E-state index contributed by atoms with van der Waals surface area (Å²) in [7, 11) is 0. The third kappa shape index (κ3) is 2.91. The van der Waals surface area contributed by atoms with Gasteiger partial charge in [0.1, 0.15) is 0 Å². The molecule has 2 heterocycles. The van der Waals surface area contributed by atoms with E-state index in [0.29, 0.717) is 6.04 Å². The molecule has 17 heavy (non-hydrogen) atoms. The smallest absolute Gasteiger partial charge is 0.255 e. The van der Waals surface area contributed by atoms with Crippen molar-refractivity contribution in [2.24, 2.45) is 0 Å². The van der Waals surface area contributed by atoms with Crippen molar-refractivity contribution in [3.05, 3.63) is 21.9 Å². The molecule has 2 nitrogen and oxygen atoms in total. The molecule has 0 N–H and O–H groups in total. The second kappa shape index (κ2) is 6.01. The molecule has 1 atom stereocenters. The Balaban J connectivity index is 2.06. The average molecular weight is 316 g/mol. The summed E-state index contributed by atoms with van der Waals surface area (Å²) < 4.78 is 0. The minimum Gasteiger partial charge on any atom is -0.336 e. The number of thiophene rings is 1. The van der Waals surface area contributed by atoms with Gasteiger partial charge in [0.05, 0.1) is 5.56 Å². The lowest BCUT2D eigenvalue weighted by molar-refractivity contribution is 0.0730. The van der Waals surface area contributed by atoms with Crippen LogP contribution in [-0.4, -0.2) is 28.7 Å². The highest BCUT2D eigenvalue weighted by Gasteiger charge is 2.29. The molecule has 1 saturated heterocycles. The van der Waals surface area contributed by atoms with Gasteiger partial charge in [0.15, 0.2) is 0 Å². The standard InChI is InChI=1S/C13H18BrNOS/c1-10-8-17-9-12(10)13(16)15-7-3-5-11(15)4-2-6-14/h8-9,11H,2-7H2,1H3. The zero-order valence-corrected chi connectivity index (χ0v) is 12.5. The molecular formula is C13H18BrNOS. The first-order chi connectivity index (χ1) is 8.24. The van der Waals surface area contributed by atoms with Gasteiger partial charge in [-0.1, -0.05) is 15.9 Å². The number of carbonyl (C=O) groups excluding carboxylic acids is 1. The first-order valence-electron chi connectivity index (χ1n) is 6.13. The third-order valence-corrected chi connectivity index (χ3v) is 4.82. The number of alkyl halides is 1.